The van der Waals surface area contributed by atoms with Gasteiger partial charge in [-0.25, -0.2) is 0 Å². The van der Waals surface area contributed by atoms with Gasteiger partial charge in [-0.05, 0) is 49.9 Å². The standard InChI is InChI=1S/C13H16ClN4O2PS2/c1-3-19-21(23,20-4-2)18-13(22)12(9-15)17-16-11-7-5-10(14)6-8-11/h5-8,16H,3-4H2,1-2H3,(H,18,22,23)/b17-12+. The fraction of sp³-hybridized carbons (Fsp3) is 0.308. The van der Waals surface area contributed by atoms with E-state index in [1.807, 2.05) is 6.07 Å². The summed E-state index contributed by atoms with van der Waals surface area (Å²) in [6.07, 6.45) is 0. The Hall–Kier alpha value is -1.07. The Morgan fingerprint density at radius 3 is 2.35 bits per heavy atom. The van der Waals surface area contributed by atoms with Crippen LogP contribution in [0.15, 0.2) is 29.4 Å². The van der Waals surface area contributed by atoms with Crippen molar-refractivity contribution in [3.8, 4) is 6.07 Å². The molecule has 0 heterocycles. The van der Waals surface area contributed by atoms with Crippen molar-refractivity contribution >= 4 is 58.7 Å². The number of benzene rings is 1. The zero-order valence-corrected chi connectivity index (χ0v) is 15.9. The zero-order chi connectivity index (χ0) is 17.3. The number of hydrogen-bond donors (Lipinski definition) is 2. The van der Waals surface area contributed by atoms with E-state index in [1.54, 1.807) is 38.1 Å². The highest BCUT2D eigenvalue weighted by Crippen LogP contribution is 2.43. The summed E-state index contributed by atoms with van der Waals surface area (Å²) in [5.74, 6) is 0. The molecule has 1 aromatic rings. The van der Waals surface area contributed by atoms with Crippen LogP contribution in [-0.2, 0) is 20.9 Å². The molecule has 0 radical (unpaired) electrons. The first-order chi connectivity index (χ1) is 10.9. The molecule has 0 aromatic heterocycles. The average Bonchev–Trinajstić information content (AvgIpc) is 2.50. The van der Waals surface area contributed by atoms with Crippen LogP contribution in [0.3, 0.4) is 0 Å². The molecule has 0 fully saturated rings. The van der Waals surface area contributed by atoms with Gasteiger partial charge in [-0.15, -0.1) is 0 Å². The van der Waals surface area contributed by atoms with Gasteiger partial charge in [0, 0.05) is 5.02 Å². The van der Waals surface area contributed by atoms with Gasteiger partial charge in [0.1, 0.15) is 11.1 Å². The second-order valence-electron chi connectivity index (χ2n) is 3.96. The molecule has 0 aliphatic rings. The third kappa shape index (κ3) is 6.92. The number of nitriles is 1. The van der Waals surface area contributed by atoms with Crippen molar-refractivity contribution in [1.82, 2.24) is 5.09 Å². The van der Waals surface area contributed by atoms with Gasteiger partial charge in [0.05, 0.1) is 18.9 Å². The summed E-state index contributed by atoms with van der Waals surface area (Å²) in [7, 11) is 0. The number of rotatable bonds is 8. The van der Waals surface area contributed by atoms with Crippen LogP contribution < -0.4 is 10.5 Å². The van der Waals surface area contributed by atoms with Gasteiger partial charge in [0.2, 0.25) is 0 Å². The first-order valence-corrected chi connectivity index (χ1v) is 10.1. The van der Waals surface area contributed by atoms with Crippen molar-refractivity contribution in [2.75, 3.05) is 18.6 Å². The van der Waals surface area contributed by atoms with Gasteiger partial charge in [-0.1, -0.05) is 23.8 Å². The fourth-order valence-electron chi connectivity index (χ4n) is 1.39. The summed E-state index contributed by atoms with van der Waals surface area (Å²) in [5.41, 5.74) is 3.37. The highest BCUT2D eigenvalue weighted by molar-refractivity contribution is 8.09. The average molecular weight is 391 g/mol. The smallest absolute Gasteiger partial charge is 0.288 e. The second kappa shape index (κ2) is 9.93. The van der Waals surface area contributed by atoms with E-state index in [2.05, 4.69) is 15.6 Å². The van der Waals surface area contributed by atoms with Crippen molar-refractivity contribution in [2.45, 2.75) is 13.8 Å². The zero-order valence-electron chi connectivity index (χ0n) is 12.6. The minimum absolute atomic E-state index is 0.0245. The van der Waals surface area contributed by atoms with Gasteiger partial charge in [0.25, 0.3) is 6.64 Å². The molecule has 0 spiro atoms. The molecule has 0 aliphatic carbocycles. The lowest BCUT2D eigenvalue weighted by Gasteiger charge is -2.22. The van der Waals surface area contributed by atoms with E-state index in [0.29, 0.717) is 23.9 Å². The van der Waals surface area contributed by atoms with E-state index in [1.165, 1.54) is 0 Å². The summed E-state index contributed by atoms with van der Waals surface area (Å²) in [4.78, 5) is 0.0687. The van der Waals surface area contributed by atoms with E-state index in [-0.39, 0.29) is 10.7 Å². The van der Waals surface area contributed by atoms with Gasteiger partial charge in [0.15, 0.2) is 5.71 Å². The van der Waals surface area contributed by atoms with Crippen molar-refractivity contribution in [3.05, 3.63) is 29.3 Å². The van der Waals surface area contributed by atoms with Crippen LogP contribution in [0.1, 0.15) is 13.8 Å². The SMILES string of the molecule is CCOP(=S)(NC(=S)/C(C#N)=N/Nc1ccc(Cl)cc1)OCC. The fourth-order valence-corrected chi connectivity index (χ4v) is 4.29. The Labute approximate surface area is 151 Å². The van der Waals surface area contributed by atoms with Crippen LogP contribution in [0.2, 0.25) is 5.02 Å². The van der Waals surface area contributed by atoms with Gasteiger partial charge < -0.3 is 14.1 Å². The summed E-state index contributed by atoms with van der Waals surface area (Å²) >= 11 is 16.3. The third-order valence-electron chi connectivity index (χ3n) is 2.30. The summed E-state index contributed by atoms with van der Waals surface area (Å²) in [6.45, 7) is 1.56. The van der Waals surface area contributed by atoms with E-state index >= 15 is 0 Å². The van der Waals surface area contributed by atoms with Crippen LogP contribution in [0.5, 0.6) is 0 Å². The maximum absolute atomic E-state index is 9.20. The maximum Gasteiger partial charge on any atom is 0.288 e. The first-order valence-electron chi connectivity index (χ1n) is 6.65. The van der Waals surface area contributed by atoms with Crippen molar-refractivity contribution in [2.24, 2.45) is 5.10 Å². The van der Waals surface area contributed by atoms with Crippen molar-refractivity contribution < 1.29 is 9.05 Å². The highest BCUT2D eigenvalue weighted by atomic mass is 35.5. The molecule has 0 unspecified atom stereocenters. The Kier molecular flexibility index (Phi) is 8.63. The number of thiocarbonyl (C=S) groups is 1. The predicted octanol–water partition coefficient (Wildman–Crippen LogP) is 3.85. The summed E-state index contributed by atoms with van der Waals surface area (Å²) < 4.78 is 10.8. The van der Waals surface area contributed by atoms with Crippen LogP contribution in [0.25, 0.3) is 0 Å². The number of hydrazone groups is 1. The number of hydrogen-bond acceptors (Lipinski definition) is 7. The number of nitrogens with one attached hydrogen (secondary N) is 2. The molecule has 0 saturated heterocycles. The van der Waals surface area contributed by atoms with Gasteiger partial charge in [-0.2, -0.15) is 10.4 Å². The molecule has 1 rings (SSSR count). The Morgan fingerprint density at radius 2 is 1.87 bits per heavy atom. The number of halogens is 1. The van der Waals surface area contributed by atoms with E-state index in [9.17, 15) is 5.26 Å². The van der Waals surface area contributed by atoms with Gasteiger partial charge in [-0.3, -0.25) is 5.43 Å². The highest BCUT2D eigenvalue weighted by Gasteiger charge is 2.21. The third-order valence-corrected chi connectivity index (χ3v) is 5.60. The number of anilines is 1. The Bertz CT molecular complexity index is 651. The quantitative estimate of drug-likeness (QED) is 0.302. The molecule has 124 valence electrons. The second-order valence-corrected chi connectivity index (χ2v) is 7.99. The lowest BCUT2D eigenvalue weighted by atomic mass is 10.3. The van der Waals surface area contributed by atoms with E-state index in [0.717, 1.165) is 0 Å². The maximum atomic E-state index is 9.20. The normalized spacial score (nSPS) is 11.7. The lowest BCUT2D eigenvalue weighted by Crippen LogP contribution is -2.28. The number of nitrogens with zero attached hydrogens (tertiary/aromatic N) is 2. The predicted molar refractivity (Wildman–Crippen MR) is 101 cm³/mol. The van der Waals surface area contributed by atoms with E-state index in [4.69, 9.17) is 44.7 Å². The van der Waals surface area contributed by atoms with Crippen molar-refractivity contribution in [3.63, 3.8) is 0 Å². The molecule has 23 heavy (non-hydrogen) atoms. The largest absolute Gasteiger partial charge is 0.314 e. The minimum atomic E-state index is -2.78. The Balaban J connectivity index is 2.81. The van der Waals surface area contributed by atoms with Crippen molar-refractivity contribution in [1.29, 1.82) is 5.26 Å². The monoisotopic (exact) mass is 390 g/mol. The summed E-state index contributed by atoms with van der Waals surface area (Å²) in [6, 6.07) is 8.76. The van der Waals surface area contributed by atoms with Crippen LogP contribution in [-0.4, -0.2) is 23.9 Å². The molecule has 0 amide bonds. The minimum Gasteiger partial charge on any atom is -0.314 e. The molecule has 10 heteroatoms. The molecule has 0 saturated carbocycles. The molecule has 0 bridgehead atoms. The lowest BCUT2D eigenvalue weighted by molar-refractivity contribution is 0.263. The molecule has 1 aromatic carbocycles. The first kappa shape index (κ1) is 20.0. The summed E-state index contributed by atoms with van der Waals surface area (Å²) in [5, 5.41) is 16.6. The molecular weight excluding hydrogens is 375 g/mol. The molecule has 0 aliphatic heterocycles. The Morgan fingerprint density at radius 1 is 1.30 bits per heavy atom. The van der Waals surface area contributed by atoms with Crippen LogP contribution >= 0.6 is 30.5 Å². The molecule has 6 nitrogen and oxygen atoms in total. The molecule has 0 atom stereocenters. The molecule has 2 N–H and O–H groups in total. The van der Waals surface area contributed by atoms with Crippen LogP contribution in [0.4, 0.5) is 5.69 Å². The topological polar surface area (TPSA) is 78.7 Å². The van der Waals surface area contributed by atoms with Gasteiger partial charge >= 0.3 is 0 Å². The van der Waals surface area contributed by atoms with Crippen LogP contribution in [0, 0.1) is 11.3 Å². The van der Waals surface area contributed by atoms with E-state index < -0.39 is 6.64 Å². The molecular formula is C13H16ClN4O2PS2.